The molecule has 0 radical (unpaired) electrons. The zero-order chi connectivity index (χ0) is 30.8. The molecule has 0 amide bonds. The molecule has 8 nitrogen and oxygen atoms in total. The van der Waals surface area contributed by atoms with E-state index in [1.54, 1.807) is 12.1 Å². The number of thioether (sulfide) groups is 1. The van der Waals surface area contributed by atoms with Crippen molar-refractivity contribution < 1.29 is 13.5 Å². The van der Waals surface area contributed by atoms with E-state index in [0.29, 0.717) is 47.4 Å². The van der Waals surface area contributed by atoms with Gasteiger partial charge in [-0.1, -0.05) is 42.4 Å². The molecule has 0 saturated carbocycles. The average Bonchev–Trinajstić information content (AvgIpc) is 3.49. The fourth-order valence-electron chi connectivity index (χ4n) is 7.39. The number of nitrogens with one attached hydrogen (secondary N) is 1. The van der Waals surface area contributed by atoms with E-state index in [2.05, 4.69) is 31.2 Å². The number of piperidine rings is 1. The van der Waals surface area contributed by atoms with E-state index >= 15 is 4.39 Å². The molecule has 0 spiro atoms. The smallest absolute Gasteiger partial charge is 0.317 e. The van der Waals surface area contributed by atoms with Gasteiger partial charge in [-0.05, 0) is 44.0 Å². The number of rotatable bonds is 5. The van der Waals surface area contributed by atoms with Crippen LogP contribution in [0.3, 0.4) is 0 Å². The number of halogens is 3. The maximum Gasteiger partial charge on any atom is 0.317 e. The Morgan fingerprint density at radius 1 is 1.30 bits per heavy atom. The first-order chi connectivity index (χ1) is 21.1. The van der Waals surface area contributed by atoms with Crippen LogP contribution in [0.2, 0.25) is 5.02 Å². The van der Waals surface area contributed by atoms with E-state index in [1.807, 2.05) is 26.1 Å². The van der Waals surface area contributed by atoms with Gasteiger partial charge >= 0.3 is 6.01 Å². The number of fused-ring (bicyclic) bond motifs is 4. The fourth-order valence-corrected chi connectivity index (χ4v) is 9.11. The Hall–Kier alpha value is -3.01. The number of nitrogens with zero attached hydrogens (tertiary/aromatic N) is 5. The highest BCUT2D eigenvalue weighted by Gasteiger charge is 2.50. The third kappa shape index (κ3) is 4.92. The number of benzene rings is 2. The molecule has 4 aliphatic rings. The number of nitrogens with two attached hydrogens (primary N) is 1. The molecule has 3 fully saturated rings. The maximum atomic E-state index is 16.5. The van der Waals surface area contributed by atoms with Gasteiger partial charge in [-0.2, -0.15) is 10.2 Å². The molecule has 12 heteroatoms. The molecule has 230 valence electrons. The molecule has 3 aromatic rings. The largest absolute Gasteiger partial charge is 0.462 e. The molecule has 3 saturated heterocycles. The molecule has 2 aromatic carbocycles. The first-order valence-electron chi connectivity index (χ1n) is 14.9. The summed E-state index contributed by atoms with van der Waals surface area (Å²) in [6.45, 7) is 5.08. The Morgan fingerprint density at radius 3 is 2.80 bits per heavy atom. The Kier molecular flexibility index (Phi) is 7.49. The van der Waals surface area contributed by atoms with Crippen LogP contribution in [0, 0.1) is 22.6 Å². The summed E-state index contributed by atoms with van der Waals surface area (Å²) in [6.07, 6.45) is 4.99. The van der Waals surface area contributed by atoms with Crippen molar-refractivity contribution in [3.8, 4) is 12.1 Å². The summed E-state index contributed by atoms with van der Waals surface area (Å²) in [7, 11) is 1.98. The van der Waals surface area contributed by atoms with Crippen LogP contribution in [0.25, 0.3) is 10.9 Å². The Bertz CT molecular complexity index is 1710. The van der Waals surface area contributed by atoms with Crippen LogP contribution in [0.15, 0.2) is 47.3 Å². The molecule has 0 aliphatic carbocycles. The van der Waals surface area contributed by atoms with Crippen molar-refractivity contribution in [2.45, 2.75) is 54.0 Å². The van der Waals surface area contributed by atoms with Crippen molar-refractivity contribution in [1.82, 2.24) is 20.2 Å². The van der Waals surface area contributed by atoms with Gasteiger partial charge in [0.2, 0.25) is 0 Å². The van der Waals surface area contributed by atoms with Crippen LogP contribution < -0.4 is 20.7 Å². The lowest BCUT2D eigenvalue weighted by Crippen LogP contribution is -2.51. The molecule has 2 unspecified atom stereocenters. The molecule has 4 aliphatic heterocycles. The monoisotopic (exact) mass is 637 g/mol. The van der Waals surface area contributed by atoms with Gasteiger partial charge in [0, 0.05) is 82.0 Å². The lowest BCUT2D eigenvalue weighted by Gasteiger charge is -2.40. The second-order valence-corrected chi connectivity index (χ2v) is 14.6. The molecule has 7 rings (SSSR count). The van der Waals surface area contributed by atoms with Crippen molar-refractivity contribution in [1.29, 1.82) is 5.26 Å². The maximum absolute atomic E-state index is 16.5. The van der Waals surface area contributed by atoms with Gasteiger partial charge in [-0.3, -0.25) is 0 Å². The average molecular weight is 638 g/mol. The summed E-state index contributed by atoms with van der Waals surface area (Å²) in [6, 6.07) is 10.2. The van der Waals surface area contributed by atoms with Crippen molar-refractivity contribution in [2.75, 3.05) is 44.7 Å². The number of anilines is 1. The van der Waals surface area contributed by atoms with E-state index < -0.39 is 22.0 Å². The van der Waals surface area contributed by atoms with Gasteiger partial charge in [0.05, 0.1) is 12.4 Å². The van der Waals surface area contributed by atoms with Gasteiger partial charge in [0.25, 0.3) is 0 Å². The quantitative estimate of drug-likeness (QED) is 0.377. The molecule has 3 N–H and O–H groups in total. The Morgan fingerprint density at radius 2 is 2.07 bits per heavy atom. The fraction of sp³-hybridized carbons (Fsp3) is 0.469. The minimum absolute atomic E-state index is 0.00567. The molecule has 2 bridgehead atoms. The third-order valence-corrected chi connectivity index (χ3v) is 11.2. The normalized spacial score (nSPS) is 31.0. The van der Waals surface area contributed by atoms with E-state index in [0.717, 1.165) is 48.6 Å². The first-order valence-corrected chi connectivity index (χ1v) is 16.1. The summed E-state index contributed by atoms with van der Waals surface area (Å²) in [5, 5.41) is 15.2. The summed E-state index contributed by atoms with van der Waals surface area (Å²) < 4.78 is 36.2. The van der Waals surface area contributed by atoms with Crippen LogP contribution in [-0.2, 0) is 4.87 Å². The summed E-state index contributed by atoms with van der Waals surface area (Å²) >= 11 is 7.86. The van der Waals surface area contributed by atoms with Crippen molar-refractivity contribution in [3.63, 3.8) is 0 Å². The van der Waals surface area contributed by atoms with E-state index in [9.17, 15) is 9.65 Å². The number of hydrogen-bond donors (Lipinski definition) is 2. The summed E-state index contributed by atoms with van der Waals surface area (Å²) in [4.78, 5) is 12.5. The SMILES string of the molecule is CN1CC/C(=C\F)[C@](C)(COc2ncc3ccc(C4(N)Sc5cc(Cl)cc(N6C[C@H]7CC[C@@H](C6)N7)c5C4C#N)c(F)c3n2)C1. The Labute approximate surface area is 264 Å². The first kappa shape index (κ1) is 29.7. The molecule has 5 heterocycles. The van der Waals surface area contributed by atoms with Gasteiger partial charge in [0.15, 0.2) is 5.82 Å². The lowest BCUT2D eigenvalue weighted by atomic mass is 9.78. The van der Waals surface area contributed by atoms with E-state index in [4.69, 9.17) is 22.1 Å². The molecular formula is C32H34ClF2N7OS. The van der Waals surface area contributed by atoms with Crippen LogP contribution in [0.5, 0.6) is 6.01 Å². The van der Waals surface area contributed by atoms with Crippen LogP contribution in [-0.4, -0.2) is 66.8 Å². The van der Waals surface area contributed by atoms with Crippen molar-refractivity contribution >= 4 is 40.0 Å². The molecule has 44 heavy (non-hydrogen) atoms. The van der Waals surface area contributed by atoms with Gasteiger partial charge < -0.3 is 25.6 Å². The zero-order valence-corrected chi connectivity index (χ0v) is 26.2. The van der Waals surface area contributed by atoms with Crippen LogP contribution >= 0.6 is 23.4 Å². The second-order valence-electron chi connectivity index (χ2n) is 12.8. The van der Waals surface area contributed by atoms with Gasteiger partial charge in [0.1, 0.15) is 22.9 Å². The minimum Gasteiger partial charge on any atom is -0.462 e. The summed E-state index contributed by atoms with van der Waals surface area (Å²) in [5.74, 6) is -1.46. The molecule has 5 atom stereocenters. The van der Waals surface area contributed by atoms with Gasteiger partial charge in [-0.25, -0.2) is 13.8 Å². The minimum atomic E-state index is -1.42. The van der Waals surface area contributed by atoms with Gasteiger partial charge in [-0.15, -0.1) is 0 Å². The number of piperazine rings is 1. The van der Waals surface area contributed by atoms with Crippen molar-refractivity contribution in [3.05, 3.63) is 64.3 Å². The number of hydrogen-bond acceptors (Lipinski definition) is 9. The standard InChI is InChI=1S/C32H34ClF2N7OS/c1-31(16-41(2)8-7-19(31)11-34)17-43-30-38-13-18-3-6-23(28(35)29(18)40-30)32(37)24(12-36)27-25(9-20(33)10-26(27)44-32)42-14-21-4-5-22(15-42)39-21/h3,6,9-11,13,21-22,24,39H,4-5,7-8,14-17,37H2,1-2H3/b19-11+/t21-,22+,24?,31-,32?/m0/s1. The number of ether oxygens (including phenoxy) is 1. The van der Waals surface area contributed by atoms with Crippen LogP contribution in [0.4, 0.5) is 14.5 Å². The number of nitriles is 1. The molecular weight excluding hydrogens is 604 g/mol. The highest BCUT2D eigenvalue weighted by atomic mass is 35.5. The Balaban J connectivity index is 1.22. The third-order valence-electron chi connectivity index (χ3n) is 9.67. The highest BCUT2D eigenvalue weighted by Crippen LogP contribution is 2.59. The predicted molar refractivity (Wildman–Crippen MR) is 168 cm³/mol. The number of aromatic nitrogens is 2. The van der Waals surface area contributed by atoms with Crippen molar-refractivity contribution in [2.24, 2.45) is 11.1 Å². The number of likely N-dealkylation sites (tertiary alicyclic amines) is 1. The van der Waals surface area contributed by atoms with Crippen LogP contribution in [0.1, 0.15) is 43.2 Å². The zero-order valence-electron chi connectivity index (χ0n) is 24.6. The predicted octanol–water partition coefficient (Wildman–Crippen LogP) is 5.46. The van der Waals surface area contributed by atoms with E-state index in [-0.39, 0.29) is 23.7 Å². The second kappa shape index (κ2) is 11.1. The summed E-state index contributed by atoms with van der Waals surface area (Å²) in [5.41, 5.74) is 9.06. The van der Waals surface area contributed by atoms with E-state index in [1.165, 1.54) is 18.0 Å². The highest BCUT2D eigenvalue weighted by molar-refractivity contribution is 8.00. The molecule has 1 aromatic heterocycles. The topological polar surface area (TPSA) is 103 Å². The lowest BCUT2D eigenvalue weighted by molar-refractivity contribution is 0.109.